The van der Waals surface area contributed by atoms with Crippen molar-refractivity contribution >= 4 is 0 Å². The van der Waals surface area contributed by atoms with Crippen molar-refractivity contribution in [3.8, 4) is 0 Å². The first-order chi connectivity index (χ1) is 10.2. The minimum atomic E-state index is 0.771. The lowest BCUT2D eigenvalue weighted by molar-refractivity contribution is 0.325. The maximum absolute atomic E-state index is 3.57. The van der Waals surface area contributed by atoms with Gasteiger partial charge in [0, 0.05) is 0 Å². The fourth-order valence-corrected chi connectivity index (χ4v) is 3.19. The zero-order chi connectivity index (χ0) is 15.5. The molecular weight excluding hydrogens is 254 g/mol. The van der Waals surface area contributed by atoms with Gasteiger partial charge in [0.15, 0.2) is 0 Å². The molecule has 0 aliphatic heterocycles. The summed E-state index contributed by atoms with van der Waals surface area (Å²) in [6.45, 7) is 11.4. The summed E-state index contributed by atoms with van der Waals surface area (Å²) >= 11 is 0. The van der Waals surface area contributed by atoms with Gasteiger partial charge in [-0.2, -0.15) is 0 Å². The number of hydrogen-bond donors (Lipinski definition) is 1. The average Bonchev–Trinajstić information content (AvgIpc) is 2.50. The summed E-state index contributed by atoms with van der Waals surface area (Å²) in [6, 6.07) is 8.88. The van der Waals surface area contributed by atoms with Gasteiger partial charge in [-0.1, -0.05) is 70.7 Å². The fourth-order valence-electron chi connectivity index (χ4n) is 3.19. The summed E-state index contributed by atoms with van der Waals surface area (Å²) in [4.78, 5) is 0. The number of unbranched alkanes of at least 4 members (excludes halogenated alkanes) is 1. The van der Waals surface area contributed by atoms with E-state index in [-0.39, 0.29) is 0 Å². The van der Waals surface area contributed by atoms with Gasteiger partial charge in [-0.05, 0) is 55.8 Å². The molecule has 0 fully saturated rings. The number of nitrogens with one attached hydrogen (secondary N) is 1. The fraction of sp³-hybridized carbons (Fsp3) is 0.700. The SMILES string of the molecule is CCCCC(CC)CC(CNCC)Cc1ccccc1C. The molecule has 0 heterocycles. The molecule has 0 amide bonds. The summed E-state index contributed by atoms with van der Waals surface area (Å²) in [5.74, 6) is 1.67. The van der Waals surface area contributed by atoms with E-state index in [9.17, 15) is 0 Å². The van der Waals surface area contributed by atoms with Crippen LogP contribution in [0.2, 0.25) is 0 Å². The predicted molar refractivity (Wildman–Crippen MR) is 94.8 cm³/mol. The van der Waals surface area contributed by atoms with Crippen LogP contribution in [0, 0.1) is 18.8 Å². The summed E-state index contributed by atoms with van der Waals surface area (Å²) in [7, 11) is 0. The molecule has 0 bridgehead atoms. The minimum absolute atomic E-state index is 0.771. The Balaban J connectivity index is 2.63. The van der Waals surface area contributed by atoms with Crippen molar-refractivity contribution in [1.82, 2.24) is 5.32 Å². The Kier molecular flexibility index (Phi) is 9.41. The Morgan fingerprint density at radius 3 is 2.43 bits per heavy atom. The van der Waals surface area contributed by atoms with Crippen molar-refractivity contribution in [1.29, 1.82) is 0 Å². The van der Waals surface area contributed by atoms with Crippen molar-refractivity contribution in [2.24, 2.45) is 11.8 Å². The molecule has 0 aliphatic carbocycles. The van der Waals surface area contributed by atoms with E-state index < -0.39 is 0 Å². The van der Waals surface area contributed by atoms with Crippen LogP contribution in [0.15, 0.2) is 24.3 Å². The Morgan fingerprint density at radius 2 is 1.81 bits per heavy atom. The van der Waals surface area contributed by atoms with Crippen molar-refractivity contribution in [2.75, 3.05) is 13.1 Å². The van der Waals surface area contributed by atoms with Crippen molar-refractivity contribution in [3.05, 3.63) is 35.4 Å². The molecule has 0 saturated heterocycles. The van der Waals surface area contributed by atoms with Crippen LogP contribution in [-0.4, -0.2) is 13.1 Å². The number of hydrogen-bond acceptors (Lipinski definition) is 1. The lowest BCUT2D eigenvalue weighted by Crippen LogP contribution is -2.26. The summed E-state index contributed by atoms with van der Waals surface area (Å²) < 4.78 is 0. The third-order valence-electron chi connectivity index (χ3n) is 4.66. The Labute approximate surface area is 132 Å². The van der Waals surface area contributed by atoms with E-state index in [0.717, 1.165) is 24.9 Å². The molecule has 0 aromatic heterocycles. The summed E-state index contributed by atoms with van der Waals surface area (Å²) in [5, 5.41) is 3.57. The predicted octanol–water partition coefficient (Wildman–Crippen LogP) is 5.37. The molecule has 0 spiro atoms. The van der Waals surface area contributed by atoms with Gasteiger partial charge in [0.25, 0.3) is 0 Å². The van der Waals surface area contributed by atoms with E-state index in [1.54, 1.807) is 0 Å². The highest BCUT2D eigenvalue weighted by atomic mass is 14.8. The zero-order valence-corrected chi connectivity index (χ0v) is 14.6. The van der Waals surface area contributed by atoms with Crippen LogP contribution in [0.1, 0.15) is 64.0 Å². The molecule has 0 aliphatic rings. The standard InChI is InChI=1S/C20H35N/c1-5-8-12-18(6-2)14-19(16-21-7-3)15-20-13-10-9-11-17(20)4/h9-11,13,18-19,21H,5-8,12,14-16H2,1-4H3. The van der Waals surface area contributed by atoms with E-state index in [2.05, 4.69) is 57.3 Å². The van der Waals surface area contributed by atoms with Gasteiger partial charge in [-0.25, -0.2) is 0 Å². The number of aryl methyl sites for hydroxylation is 1. The van der Waals surface area contributed by atoms with E-state index in [1.165, 1.54) is 49.7 Å². The third kappa shape index (κ3) is 7.13. The molecule has 0 radical (unpaired) electrons. The first-order valence-electron chi connectivity index (χ1n) is 8.96. The van der Waals surface area contributed by atoms with Gasteiger partial charge in [-0.3, -0.25) is 0 Å². The highest BCUT2D eigenvalue weighted by Crippen LogP contribution is 2.24. The van der Waals surface area contributed by atoms with Crippen LogP contribution in [-0.2, 0) is 6.42 Å². The van der Waals surface area contributed by atoms with Crippen LogP contribution in [0.25, 0.3) is 0 Å². The minimum Gasteiger partial charge on any atom is -0.317 e. The van der Waals surface area contributed by atoms with Crippen LogP contribution >= 0.6 is 0 Å². The van der Waals surface area contributed by atoms with E-state index >= 15 is 0 Å². The van der Waals surface area contributed by atoms with Gasteiger partial charge in [-0.15, -0.1) is 0 Å². The summed E-state index contributed by atoms with van der Waals surface area (Å²) in [5.41, 5.74) is 2.98. The van der Waals surface area contributed by atoms with Gasteiger partial charge in [0.05, 0.1) is 0 Å². The molecule has 2 unspecified atom stereocenters. The van der Waals surface area contributed by atoms with E-state index in [1.807, 2.05) is 0 Å². The van der Waals surface area contributed by atoms with Gasteiger partial charge in [0.1, 0.15) is 0 Å². The molecule has 1 nitrogen and oxygen atoms in total. The molecule has 1 aromatic rings. The maximum atomic E-state index is 3.57. The van der Waals surface area contributed by atoms with Crippen molar-refractivity contribution in [3.63, 3.8) is 0 Å². The molecule has 1 heteroatoms. The van der Waals surface area contributed by atoms with Crippen molar-refractivity contribution in [2.45, 2.75) is 66.2 Å². The second-order valence-electron chi connectivity index (χ2n) is 6.46. The highest BCUT2D eigenvalue weighted by molar-refractivity contribution is 5.26. The molecule has 21 heavy (non-hydrogen) atoms. The lowest BCUT2D eigenvalue weighted by Gasteiger charge is -2.24. The number of benzene rings is 1. The van der Waals surface area contributed by atoms with E-state index in [4.69, 9.17) is 0 Å². The van der Waals surface area contributed by atoms with Gasteiger partial charge >= 0.3 is 0 Å². The largest absolute Gasteiger partial charge is 0.317 e. The van der Waals surface area contributed by atoms with Crippen LogP contribution in [0.5, 0.6) is 0 Å². The van der Waals surface area contributed by atoms with Gasteiger partial charge in [0.2, 0.25) is 0 Å². The molecule has 1 N–H and O–H groups in total. The highest BCUT2D eigenvalue weighted by Gasteiger charge is 2.16. The smallest absolute Gasteiger partial charge is 0.00173 e. The van der Waals surface area contributed by atoms with E-state index in [0.29, 0.717) is 0 Å². The molecule has 120 valence electrons. The Hall–Kier alpha value is -0.820. The number of rotatable bonds is 11. The van der Waals surface area contributed by atoms with Crippen LogP contribution < -0.4 is 5.32 Å². The molecule has 1 aromatic carbocycles. The lowest BCUT2D eigenvalue weighted by atomic mass is 9.84. The molecule has 2 atom stereocenters. The molecule has 1 rings (SSSR count). The Bertz CT molecular complexity index is 372. The monoisotopic (exact) mass is 289 g/mol. The normalized spacial score (nSPS) is 14.1. The van der Waals surface area contributed by atoms with Crippen molar-refractivity contribution < 1.29 is 0 Å². The van der Waals surface area contributed by atoms with Crippen LogP contribution in [0.3, 0.4) is 0 Å². The second-order valence-corrected chi connectivity index (χ2v) is 6.46. The maximum Gasteiger partial charge on any atom is -0.00173 e. The average molecular weight is 290 g/mol. The quantitative estimate of drug-likeness (QED) is 0.577. The third-order valence-corrected chi connectivity index (χ3v) is 4.66. The molecular formula is C20H35N. The van der Waals surface area contributed by atoms with Crippen LogP contribution in [0.4, 0.5) is 0 Å². The Morgan fingerprint density at radius 1 is 1.05 bits per heavy atom. The topological polar surface area (TPSA) is 12.0 Å². The first kappa shape index (κ1) is 18.2. The van der Waals surface area contributed by atoms with Gasteiger partial charge < -0.3 is 5.32 Å². The molecule has 0 saturated carbocycles. The first-order valence-corrected chi connectivity index (χ1v) is 8.96. The second kappa shape index (κ2) is 10.8. The zero-order valence-electron chi connectivity index (χ0n) is 14.6. The summed E-state index contributed by atoms with van der Waals surface area (Å²) in [6.07, 6.45) is 8.04.